The van der Waals surface area contributed by atoms with Crippen molar-refractivity contribution in [1.82, 2.24) is 15.1 Å². The maximum atomic E-state index is 12.8. The molecule has 1 N–H and O–H groups in total. The van der Waals surface area contributed by atoms with E-state index in [0.717, 1.165) is 37.6 Å². The van der Waals surface area contributed by atoms with E-state index in [1.165, 1.54) is 22.2 Å². The molecule has 1 fully saturated rings. The van der Waals surface area contributed by atoms with E-state index in [1.54, 1.807) is 11.3 Å². The average Bonchev–Trinajstić information content (AvgIpc) is 3.40. The number of benzene rings is 1. The lowest BCUT2D eigenvalue weighted by atomic mass is 10.2. The van der Waals surface area contributed by atoms with Crippen LogP contribution in [0.1, 0.15) is 12.5 Å². The molecular formula is C20H23N4O2S2+. The smallest absolute Gasteiger partial charge is 0.277 e. The van der Waals surface area contributed by atoms with E-state index in [-0.39, 0.29) is 11.2 Å². The summed E-state index contributed by atoms with van der Waals surface area (Å²) in [6.45, 7) is 6.44. The third kappa shape index (κ3) is 4.63. The Hall–Kier alpha value is -2.16. The number of thiophene rings is 1. The molecule has 3 aromatic rings. The van der Waals surface area contributed by atoms with Crippen LogP contribution in [0.5, 0.6) is 0 Å². The molecule has 0 unspecified atom stereocenters. The molecule has 0 aliphatic carbocycles. The van der Waals surface area contributed by atoms with Gasteiger partial charge in [0.05, 0.1) is 36.3 Å². The van der Waals surface area contributed by atoms with Crippen molar-refractivity contribution in [3.05, 3.63) is 53.4 Å². The van der Waals surface area contributed by atoms with Gasteiger partial charge in [-0.05, 0) is 18.4 Å². The summed E-state index contributed by atoms with van der Waals surface area (Å²) in [7, 11) is 0. The second kappa shape index (κ2) is 8.89. The van der Waals surface area contributed by atoms with Gasteiger partial charge in [-0.15, -0.1) is 21.5 Å². The standard InChI is InChI=1S/C20H22N4O2S2/c1-15(28-20-22-21-18(26-20)17-8-5-13-27-17)19(25)24-11-9-23(10-12-24)14-16-6-3-2-4-7-16/h2-8,13,15H,9-12,14H2,1H3/p+1/t15-/m1/s1. The first-order valence-electron chi connectivity index (χ1n) is 9.39. The Bertz CT molecular complexity index is 890. The van der Waals surface area contributed by atoms with Crippen molar-refractivity contribution in [2.24, 2.45) is 0 Å². The number of quaternary nitrogens is 1. The number of carbonyl (C=O) groups is 1. The van der Waals surface area contributed by atoms with Gasteiger partial charge in [0.1, 0.15) is 6.54 Å². The van der Waals surface area contributed by atoms with Crippen LogP contribution in [0.25, 0.3) is 10.8 Å². The quantitative estimate of drug-likeness (QED) is 0.626. The predicted molar refractivity (Wildman–Crippen MR) is 110 cm³/mol. The van der Waals surface area contributed by atoms with E-state index in [1.807, 2.05) is 35.4 Å². The third-order valence-corrected chi connectivity index (χ3v) is 6.62. The first kappa shape index (κ1) is 19.2. The van der Waals surface area contributed by atoms with Crippen LogP contribution >= 0.6 is 23.1 Å². The van der Waals surface area contributed by atoms with Gasteiger partial charge >= 0.3 is 0 Å². The van der Waals surface area contributed by atoms with Crippen LogP contribution in [-0.4, -0.2) is 52.4 Å². The number of carbonyl (C=O) groups excluding carboxylic acids is 1. The number of aromatic nitrogens is 2. The Balaban J connectivity index is 1.28. The summed E-state index contributed by atoms with van der Waals surface area (Å²) in [6, 6.07) is 14.4. The fourth-order valence-corrected chi connectivity index (χ4v) is 4.73. The fraction of sp³-hybridized carbons (Fsp3) is 0.350. The molecule has 6 nitrogen and oxygen atoms in total. The van der Waals surface area contributed by atoms with E-state index >= 15 is 0 Å². The lowest BCUT2D eigenvalue weighted by Crippen LogP contribution is -3.13. The van der Waals surface area contributed by atoms with Crippen molar-refractivity contribution in [2.75, 3.05) is 26.2 Å². The summed E-state index contributed by atoms with van der Waals surface area (Å²) in [4.78, 5) is 17.2. The van der Waals surface area contributed by atoms with Crippen molar-refractivity contribution in [2.45, 2.75) is 23.9 Å². The highest BCUT2D eigenvalue weighted by molar-refractivity contribution is 8.00. The molecule has 28 heavy (non-hydrogen) atoms. The van der Waals surface area contributed by atoms with Crippen molar-refractivity contribution in [1.29, 1.82) is 0 Å². The maximum absolute atomic E-state index is 12.8. The topological polar surface area (TPSA) is 63.7 Å². The van der Waals surface area contributed by atoms with Crippen LogP contribution in [0.3, 0.4) is 0 Å². The molecule has 0 spiro atoms. The molecule has 1 aliphatic rings. The molecule has 1 saturated heterocycles. The zero-order chi connectivity index (χ0) is 19.3. The summed E-state index contributed by atoms with van der Waals surface area (Å²) >= 11 is 2.89. The van der Waals surface area contributed by atoms with Gasteiger partial charge in [0.25, 0.3) is 11.1 Å². The Morgan fingerprint density at radius 1 is 1.21 bits per heavy atom. The summed E-state index contributed by atoms with van der Waals surface area (Å²) in [5.74, 6) is 0.648. The second-order valence-corrected chi connectivity index (χ2v) is 9.09. The van der Waals surface area contributed by atoms with Gasteiger partial charge in [-0.25, -0.2) is 0 Å². The van der Waals surface area contributed by atoms with Crippen LogP contribution in [0.2, 0.25) is 0 Å². The molecule has 1 atom stereocenters. The first-order valence-corrected chi connectivity index (χ1v) is 11.2. The van der Waals surface area contributed by atoms with Gasteiger partial charge in [-0.1, -0.05) is 48.2 Å². The SMILES string of the molecule is C[C@@H](Sc1nnc(-c2cccs2)o1)C(=O)N1CC[NH+](Cc2ccccc2)CC1. The minimum atomic E-state index is -0.243. The average molecular weight is 416 g/mol. The van der Waals surface area contributed by atoms with Crippen LogP contribution in [0.15, 0.2) is 57.5 Å². The van der Waals surface area contributed by atoms with Crippen molar-refractivity contribution < 1.29 is 14.1 Å². The van der Waals surface area contributed by atoms with Gasteiger partial charge in [0.2, 0.25) is 5.91 Å². The highest BCUT2D eigenvalue weighted by atomic mass is 32.2. The summed E-state index contributed by atoms with van der Waals surface area (Å²) in [5, 5.41) is 10.3. The molecule has 0 bridgehead atoms. The van der Waals surface area contributed by atoms with Crippen LogP contribution in [0, 0.1) is 0 Å². The molecule has 1 aliphatic heterocycles. The minimum Gasteiger partial charge on any atom is -0.410 e. The normalized spacial score (nSPS) is 16.2. The molecular weight excluding hydrogens is 392 g/mol. The van der Waals surface area contributed by atoms with Gasteiger partial charge in [-0.2, -0.15) is 0 Å². The van der Waals surface area contributed by atoms with E-state index in [2.05, 4.69) is 34.5 Å². The third-order valence-electron chi connectivity index (χ3n) is 4.84. The molecule has 4 rings (SSSR count). The number of amides is 1. The lowest BCUT2D eigenvalue weighted by molar-refractivity contribution is -0.917. The number of thioether (sulfide) groups is 1. The molecule has 1 amide bonds. The Morgan fingerprint density at radius 3 is 2.71 bits per heavy atom. The molecule has 0 saturated carbocycles. The summed E-state index contributed by atoms with van der Waals surface area (Å²) in [6.07, 6.45) is 0. The zero-order valence-electron chi connectivity index (χ0n) is 15.7. The van der Waals surface area contributed by atoms with E-state index in [9.17, 15) is 4.79 Å². The number of hydrogen-bond acceptors (Lipinski definition) is 6. The number of nitrogens with one attached hydrogen (secondary N) is 1. The van der Waals surface area contributed by atoms with Crippen LogP contribution in [-0.2, 0) is 11.3 Å². The highest BCUT2D eigenvalue weighted by Crippen LogP contribution is 2.29. The number of piperazine rings is 1. The van der Waals surface area contributed by atoms with Gasteiger partial charge in [-0.3, -0.25) is 4.79 Å². The zero-order valence-corrected chi connectivity index (χ0v) is 17.3. The molecule has 3 heterocycles. The Labute approximate surface area is 172 Å². The minimum absolute atomic E-state index is 0.139. The van der Waals surface area contributed by atoms with Gasteiger partial charge in [0, 0.05) is 5.56 Å². The van der Waals surface area contributed by atoms with Crippen molar-refractivity contribution in [3.63, 3.8) is 0 Å². The maximum Gasteiger partial charge on any atom is 0.277 e. The summed E-state index contributed by atoms with van der Waals surface area (Å²) in [5.41, 5.74) is 1.35. The monoisotopic (exact) mass is 415 g/mol. The summed E-state index contributed by atoms with van der Waals surface area (Å²) < 4.78 is 5.70. The van der Waals surface area contributed by atoms with Gasteiger partial charge in [0.15, 0.2) is 0 Å². The van der Waals surface area contributed by atoms with E-state index in [4.69, 9.17) is 4.42 Å². The lowest BCUT2D eigenvalue weighted by Gasteiger charge is -2.33. The Kier molecular flexibility index (Phi) is 6.09. The van der Waals surface area contributed by atoms with E-state index < -0.39 is 0 Å². The van der Waals surface area contributed by atoms with Crippen LogP contribution in [0.4, 0.5) is 0 Å². The molecule has 146 valence electrons. The van der Waals surface area contributed by atoms with Crippen molar-refractivity contribution >= 4 is 29.0 Å². The first-order chi connectivity index (χ1) is 13.7. The fourth-order valence-electron chi connectivity index (χ4n) is 3.32. The van der Waals surface area contributed by atoms with Crippen molar-refractivity contribution in [3.8, 4) is 10.8 Å². The molecule has 1 aromatic carbocycles. The predicted octanol–water partition coefficient (Wildman–Crippen LogP) is 2.21. The number of hydrogen-bond donors (Lipinski definition) is 1. The largest absolute Gasteiger partial charge is 0.410 e. The highest BCUT2D eigenvalue weighted by Gasteiger charge is 2.28. The number of rotatable bonds is 6. The molecule has 2 aromatic heterocycles. The molecule has 8 heteroatoms. The second-order valence-electron chi connectivity index (χ2n) is 6.85. The van der Waals surface area contributed by atoms with Gasteiger partial charge < -0.3 is 14.2 Å². The Morgan fingerprint density at radius 2 is 2.00 bits per heavy atom. The van der Waals surface area contributed by atoms with Crippen LogP contribution < -0.4 is 4.90 Å². The molecule has 0 radical (unpaired) electrons. The number of nitrogens with zero attached hydrogens (tertiary/aromatic N) is 3. The van der Waals surface area contributed by atoms with E-state index in [0.29, 0.717) is 11.1 Å².